The van der Waals surface area contributed by atoms with E-state index in [2.05, 4.69) is 0 Å². The fraction of sp³-hybridized carbons (Fsp3) is 0.364. The standard InChI is InChI=1S/C11H13N3O4/c1-12-5-3-7-9(12)10(17)14(6-4-8(15)16)11(18)13(7)2/h3,5H,4,6H2,1-2H3,(H,15,16). The van der Waals surface area contributed by atoms with Gasteiger partial charge in [-0.3, -0.25) is 18.7 Å². The first-order valence-corrected chi connectivity index (χ1v) is 5.40. The van der Waals surface area contributed by atoms with E-state index < -0.39 is 17.2 Å². The summed E-state index contributed by atoms with van der Waals surface area (Å²) in [5.41, 5.74) is -0.0247. The normalized spacial score (nSPS) is 11.0. The topological polar surface area (TPSA) is 86.2 Å². The van der Waals surface area contributed by atoms with Crippen molar-refractivity contribution in [2.75, 3.05) is 0 Å². The Morgan fingerprint density at radius 1 is 1.33 bits per heavy atom. The smallest absolute Gasteiger partial charge is 0.331 e. The minimum absolute atomic E-state index is 0.123. The number of nitrogens with zero attached hydrogens (tertiary/aromatic N) is 3. The van der Waals surface area contributed by atoms with Crippen LogP contribution in [-0.4, -0.2) is 24.8 Å². The van der Waals surface area contributed by atoms with Gasteiger partial charge < -0.3 is 9.67 Å². The van der Waals surface area contributed by atoms with E-state index in [0.29, 0.717) is 11.0 Å². The summed E-state index contributed by atoms with van der Waals surface area (Å²) in [6.07, 6.45) is 1.43. The molecule has 7 heteroatoms. The lowest BCUT2D eigenvalue weighted by Crippen LogP contribution is -2.39. The number of carboxylic acids is 1. The minimum Gasteiger partial charge on any atom is -0.481 e. The Morgan fingerprint density at radius 2 is 2.00 bits per heavy atom. The average molecular weight is 251 g/mol. The first kappa shape index (κ1) is 12.2. The van der Waals surface area contributed by atoms with Crippen LogP contribution >= 0.6 is 0 Å². The second-order valence-electron chi connectivity index (χ2n) is 4.10. The summed E-state index contributed by atoms with van der Waals surface area (Å²) in [5.74, 6) is -1.05. The molecule has 0 unspecified atom stereocenters. The molecule has 0 fully saturated rings. The summed E-state index contributed by atoms with van der Waals surface area (Å²) in [6.45, 7) is -0.123. The molecule has 0 aliphatic carbocycles. The molecule has 0 aliphatic heterocycles. The van der Waals surface area contributed by atoms with Gasteiger partial charge in [-0.2, -0.15) is 0 Å². The Morgan fingerprint density at radius 3 is 2.61 bits per heavy atom. The quantitative estimate of drug-likeness (QED) is 0.797. The highest BCUT2D eigenvalue weighted by atomic mass is 16.4. The van der Waals surface area contributed by atoms with Crippen LogP contribution in [0.15, 0.2) is 21.9 Å². The van der Waals surface area contributed by atoms with Crippen LogP contribution in [0.4, 0.5) is 0 Å². The molecule has 0 bridgehead atoms. The first-order valence-electron chi connectivity index (χ1n) is 5.40. The summed E-state index contributed by atoms with van der Waals surface area (Å²) < 4.78 is 3.92. The fourth-order valence-corrected chi connectivity index (χ4v) is 1.95. The average Bonchev–Trinajstić information content (AvgIpc) is 2.68. The maximum absolute atomic E-state index is 12.1. The van der Waals surface area contributed by atoms with Crippen LogP contribution in [0.1, 0.15) is 6.42 Å². The lowest BCUT2D eigenvalue weighted by Gasteiger charge is -2.08. The lowest BCUT2D eigenvalue weighted by atomic mass is 10.4. The molecule has 0 atom stereocenters. The maximum Gasteiger partial charge on any atom is 0.331 e. The molecule has 0 aliphatic rings. The molecule has 0 amide bonds. The predicted octanol–water partition coefficient (Wildman–Crippen LogP) is -0.487. The molecule has 0 aromatic carbocycles. The van der Waals surface area contributed by atoms with Crippen LogP contribution in [-0.2, 0) is 25.4 Å². The zero-order chi connectivity index (χ0) is 13.4. The number of hydrogen-bond donors (Lipinski definition) is 1. The minimum atomic E-state index is -1.05. The third-order valence-electron chi connectivity index (χ3n) is 2.93. The van der Waals surface area contributed by atoms with E-state index in [-0.39, 0.29) is 13.0 Å². The summed E-state index contributed by atoms with van der Waals surface area (Å²) >= 11 is 0. The SMILES string of the molecule is Cn1ccc2c1c(=O)n(CCC(=O)O)c(=O)n2C. The van der Waals surface area contributed by atoms with Gasteiger partial charge in [0.2, 0.25) is 0 Å². The van der Waals surface area contributed by atoms with E-state index in [9.17, 15) is 14.4 Å². The number of fused-ring (bicyclic) bond motifs is 1. The van der Waals surface area contributed by atoms with Crippen molar-refractivity contribution in [2.45, 2.75) is 13.0 Å². The van der Waals surface area contributed by atoms with Crippen molar-refractivity contribution in [2.24, 2.45) is 14.1 Å². The van der Waals surface area contributed by atoms with Gasteiger partial charge in [-0.15, -0.1) is 0 Å². The van der Waals surface area contributed by atoms with E-state index in [1.165, 1.54) is 4.57 Å². The predicted molar refractivity (Wildman–Crippen MR) is 64.7 cm³/mol. The van der Waals surface area contributed by atoms with Crippen molar-refractivity contribution >= 4 is 17.0 Å². The first-order chi connectivity index (χ1) is 8.43. The molecule has 0 saturated carbocycles. The highest BCUT2D eigenvalue weighted by Gasteiger charge is 2.13. The van der Waals surface area contributed by atoms with Gasteiger partial charge in [-0.1, -0.05) is 0 Å². The summed E-state index contributed by atoms with van der Waals surface area (Å²) in [5, 5.41) is 8.62. The van der Waals surface area contributed by atoms with Crippen LogP contribution in [0.3, 0.4) is 0 Å². The fourth-order valence-electron chi connectivity index (χ4n) is 1.95. The molecular weight excluding hydrogens is 238 g/mol. The molecule has 2 aromatic heterocycles. The van der Waals surface area contributed by atoms with Crippen LogP contribution in [0.5, 0.6) is 0 Å². The number of hydrogen-bond acceptors (Lipinski definition) is 3. The second-order valence-corrected chi connectivity index (χ2v) is 4.10. The van der Waals surface area contributed by atoms with E-state index in [0.717, 1.165) is 4.57 Å². The second kappa shape index (κ2) is 4.17. The van der Waals surface area contributed by atoms with Crippen LogP contribution in [0.2, 0.25) is 0 Å². The van der Waals surface area contributed by atoms with Gasteiger partial charge >= 0.3 is 11.7 Å². The van der Waals surface area contributed by atoms with Gasteiger partial charge in [0.25, 0.3) is 5.56 Å². The molecule has 1 N–H and O–H groups in total. The van der Waals surface area contributed by atoms with Crippen LogP contribution < -0.4 is 11.2 Å². The van der Waals surface area contributed by atoms with Gasteiger partial charge in [-0.25, -0.2) is 4.79 Å². The molecule has 7 nitrogen and oxygen atoms in total. The molecule has 96 valence electrons. The van der Waals surface area contributed by atoms with Crippen molar-refractivity contribution in [3.63, 3.8) is 0 Å². The number of aromatic nitrogens is 3. The molecule has 0 saturated heterocycles. The van der Waals surface area contributed by atoms with Crippen molar-refractivity contribution in [3.05, 3.63) is 33.1 Å². The highest BCUT2D eigenvalue weighted by molar-refractivity contribution is 5.75. The van der Waals surface area contributed by atoms with E-state index in [4.69, 9.17) is 5.11 Å². The van der Waals surface area contributed by atoms with Gasteiger partial charge in [0, 0.05) is 26.8 Å². The van der Waals surface area contributed by atoms with E-state index in [1.807, 2.05) is 0 Å². The third-order valence-corrected chi connectivity index (χ3v) is 2.93. The molecule has 2 heterocycles. The van der Waals surface area contributed by atoms with Crippen molar-refractivity contribution in [1.29, 1.82) is 0 Å². The molecule has 2 rings (SSSR count). The molecular formula is C11H13N3O4. The molecule has 18 heavy (non-hydrogen) atoms. The Balaban J connectivity index is 2.73. The molecule has 0 radical (unpaired) electrons. The Hall–Kier alpha value is -2.31. The largest absolute Gasteiger partial charge is 0.481 e. The van der Waals surface area contributed by atoms with Gasteiger partial charge in [0.05, 0.1) is 11.9 Å². The molecule has 2 aromatic rings. The Kier molecular flexibility index (Phi) is 2.82. The Bertz CT molecular complexity index is 735. The molecule has 0 spiro atoms. The van der Waals surface area contributed by atoms with E-state index in [1.54, 1.807) is 30.9 Å². The highest BCUT2D eigenvalue weighted by Crippen LogP contribution is 2.07. The van der Waals surface area contributed by atoms with Crippen LogP contribution in [0.25, 0.3) is 11.0 Å². The van der Waals surface area contributed by atoms with Crippen LogP contribution in [0, 0.1) is 0 Å². The van der Waals surface area contributed by atoms with Crippen molar-refractivity contribution in [1.82, 2.24) is 13.7 Å². The number of aliphatic carboxylic acids is 1. The number of carboxylic acid groups (broad SMARTS) is 1. The maximum atomic E-state index is 12.1. The monoisotopic (exact) mass is 251 g/mol. The summed E-state index contributed by atoms with van der Waals surface area (Å²) in [4.78, 5) is 34.6. The van der Waals surface area contributed by atoms with Gasteiger partial charge in [-0.05, 0) is 6.07 Å². The lowest BCUT2D eigenvalue weighted by molar-refractivity contribution is -0.137. The van der Waals surface area contributed by atoms with E-state index >= 15 is 0 Å². The number of aryl methyl sites for hydroxylation is 2. The zero-order valence-corrected chi connectivity index (χ0v) is 10.1. The zero-order valence-electron chi connectivity index (χ0n) is 10.1. The third kappa shape index (κ3) is 1.73. The summed E-state index contributed by atoms with van der Waals surface area (Å²) in [7, 11) is 3.26. The van der Waals surface area contributed by atoms with Gasteiger partial charge in [0.15, 0.2) is 0 Å². The van der Waals surface area contributed by atoms with Crippen molar-refractivity contribution < 1.29 is 9.90 Å². The summed E-state index contributed by atoms with van der Waals surface area (Å²) in [6, 6.07) is 1.68. The van der Waals surface area contributed by atoms with Crippen molar-refractivity contribution in [3.8, 4) is 0 Å². The Labute approximate surface area is 101 Å². The van der Waals surface area contributed by atoms with Gasteiger partial charge in [0.1, 0.15) is 5.52 Å². The number of rotatable bonds is 3. The number of carbonyl (C=O) groups is 1.